The van der Waals surface area contributed by atoms with E-state index < -0.39 is 22.5 Å². The second-order valence-electron chi connectivity index (χ2n) is 7.07. The van der Waals surface area contributed by atoms with Crippen molar-refractivity contribution in [2.24, 2.45) is 5.10 Å². The molecule has 0 aromatic heterocycles. The molecule has 3 aromatic carbocycles. The quantitative estimate of drug-likeness (QED) is 0.326. The minimum Gasteiger partial charge on any atom is -0.492 e. The van der Waals surface area contributed by atoms with Gasteiger partial charge in [-0.3, -0.25) is 9.10 Å². The number of amides is 1. The highest BCUT2D eigenvalue weighted by Crippen LogP contribution is 2.32. The highest BCUT2D eigenvalue weighted by Gasteiger charge is 2.29. The molecule has 0 saturated heterocycles. The molecule has 0 atom stereocenters. The maximum atomic E-state index is 13.5. The smallest absolute Gasteiger partial charge is 0.264 e. The number of hydrazone groups is 1. The zero-order valence-electron chi connectivity index (χ0n) is 18.2. The lowest BCUT2D eigenvalue weighted by atomic mass is 10.2. The first kappa shape index (κ1) is 24.5. The van der Waals surface area contributed by atoms with Crippen molar-refractivity contribution in [1.29, 1.82) is 0 Å². The molecule has 0 aliphatic carbocycles. The van der Waals surface area contributed by atoms with E-state index in [9.17, 15) is 13.2 Å². The van der Waals surface area contributed by atoms with Crippen LogP contribution in [0.5, 0.6) is 5.75 Å². The van der Waals surface area contributed by atoms with Gasteiger partial charge in [-0.15, -0.1) is 0 Å². The molecule has 0 radical (unpaired) electrons. The Hall–Kier alpha value is -3.17. The first-order chi connectivity index (χ1) is 15.8. The van der Waals surface area contributed by atoms with Gasteiger partial charge in [0.1, 0.15) is 12.3 Å². The number of sulfonamides is 1. The molecule has 1 N–H and O–H groups in total. The summed E-state index contributed by atoms with van der Waals surface area (Å²) in [7, 11) is -4.05. The Labute approximate surface area is 202 Å². The van der Waals surface area contributed by atoms with E-state index in [0.717, 1.165) is 19.9 Å². The van der Waals surface area contributed by atoms with Gasteiger partial charge < -0.3 is 4.74 Å². The molecule has 172 valence electrons. The molecule has 9 heteroatoms. The number of carbonyl (C=O) groups is 1. The van der Waals surface area contributed by atoms with Gasteiger partial charge in [-0.2, -0.15) is 5.10 Å². The number of halogens is 1. The van der Waals surface area contributed by atoms with Crippen LogP contribution in [0.25, 0.3) is 0 Å². The zero-order chi connectivity index (χ0) is 23.8. The van der Waals surface area contributed by atoms with Gasteiger partial charge in [0, 0.05) is 4.47 Å². The van der Waals surface area contributed by atoms with Crippen molar-refractivity contribution in [1.82, 2.24) is 5.43 Å². The monoisotopic (exact) mass is 529 g/mol. The van der Waals surface area contributed by atoms with Gasteiger partial charge in [-0.1, -0.05) is 57.9 Å². The Kier molecular flexibility index (Phi) is 8.24. The van der Waals surface area contributed by atoms with Gasteiger partial charge in [0.05, 0.1) is 23.4 Å². The Morgan fingerprint density at radius 3 is 2.39 bits per heavy atom. The van der Waals surface area contributed by atoms with Crippen LogP contribution in [0.1, 0.15) is 18.1 Å². The van der Waals surface area contributed by atoms with Crippen LogP contribution in [0.3, 0.4) is 0 Å². The van der Waals surface area contributed by atoms with Gasteiger partial charge >= 0.3 is 0 Å². The van der Waals surface area contributed by atoms with Crippen LogP contribution in [0.2, 0.25) is 0 Å². The number of ether oxygens (including phenoxy) is 1. The molecule has 0 heterocycles. The number of benzene rings is 3. The second kappa shape index (κ2) is 11.1. The highest BCUT2D eigenvalue weighted by atomic mass is 79.9. The summed E-state index contributed by atoms with van der Waals surface area (Å²) in [6.07, 6.45) is 1.48. The summed E-state index contributed by atoms with van der Waals surface area (Å²) in [6, 6.07) is 20.5. The van der Waals surface area contributed by atoms with Gasteiger partial charge in [0.15, 0.2) is 0 Å². The molecular weight excluding hydrogens is 506 g/mol. The fraction of sp³-hybridized carbons (Fsp3) is 0.167. The molecule has 0 spiro atoms. The molecule has 0 saturated carbocycles. The van der Waals surface area contributed by atoms with Crippen molar-refractivity contribution in [2.75, 3.05) is 17.5 Å². The number of aryl methyl sites for hydroxylation is 1. The van der Waals surface area contributed by atoms with Gasteiger partial charge in [-0.05, 0) is 55.8 Å². The maximum Gasteiger partial charge on any atom is 0.264 e. The van der Waals surface area contributed by atoms with Crippen LogP contribution in [0.15, 0.2) is 87.3 Å². The second-order valence-corrected chi connectivity index (χ2v) is 9.85. The Bertz CT molecular complexity index is 1230. The highest BCUT2D eigenvalue weighted by molar-refractivity contribution is 9.10. The van der Waals surface area contributed by atoms with Crippen molar-refractivity contribution in [3.05, 3.63) is 88.4 Å². The van der Waals surface area contributed by atoms with Crippen LogP contribution in [-0.4, -0.2) is 33.7 Å². The Morgan fingerprint density at radius 1 is 1.06 bits per heavy atom. The van der Waals surface area contributed by atoms with Crippen LogP contribution in [-0.2, 0) is 14.8 Å². The lowest BCUT2D eigenvalue weighted by Gasteiger charge is -2.25. The third-order valence-corrected chi connectivity index (χ3v) is 6.91. The number of nitrogens with one attached hydrogen (secondary N) is 1. The Morgan fingerprint density at radius 2 is 1.73 bits per heavy atom. The number of anilines is 1. The fourth-order valence-corrected chi connectivity index (χ4v) is 4.67. The van der Waals surface area contributed by atoms with Gasteiger partial charge in [-0.25, -0.2) is 13.8 Å². The number of hydrogen-bond acceptors (Lipinski definition) is 5. The molecule has 33 heavy (non-hydrogen) atoms. The Balaban J connectivity index is 1.89. The van der Waals surface area contributed by atoms with E-state index in [2.05, 4.69) is 26.5 Å². The summed E-state index contributed by atoms with van der Waals surface area (Å²) >= 11 is 3.36. The standard InChI is InChI=1S/C24H24BrN3O4S/c1-3-32-23-7-5-4-6-22(23)28(33(30,31)21-14-8-18(2)9-15-21)17-24(29)27-26-16-19-10-12-20(25)13-11-19/h4-16H,3,17H2,1-2H3,(H,27,29)/b26-16-. The van der Waals surface area contributed by atoms with E-state index in [0.29, 0.717) is 12.4 Å². The molecule has 0 unspecified atom stereocenters. The average Bonchev–Trinajstić information content (AvgIpc) is 2.80. The van der Waals surface area contributed by atoms with E-state index in [1.165, 1.54) is 18.3 Å². The number of para-hydroxylation sites is 2. The number of hydrogen-bond donors (Lipinski definition) is 1. The van der Waals surface area contributed by atoms with E-state index in [1.54, 1.807) is 43.3 Å². The van der Waals surface area contributed by atoms with Gasteiger partial charge in [0.25, 0.3) is 15.9 Å². The van der Waals surface area contributed by atoms with E-state index in [-0.39, 0.29) is 10.6 Å². The molecule has 0 aliphatic heterocycles. The van der Waals surface area contributed by atoms with Crippen LogP contribution in [0, 0.1) is 6.92 Å². The van der Waals surface area contributed by atoms with Crippen molar-refractivity contribution in [3.63, 3.8) is 0 Å². The predicted molar refractivity (Wildman–Crippen MR) is 133 cm³/mol. The predicted octanol–water partition coefficient (Wildman–Crippen LogP) is 4.50. The molecule has 1 amide bonds. The third-order valence-electron chi connectivity index (χ3n) is 4.60. The summed E-state index contributed by atoms with van der Waals surface area (Å²) < 4.78 is 34.6. The van der Waals surface area contributed by atoms with Crippen molar-refractivity contribution in [2.45, 2.75) is 18.7 Å². The maximum absolute atomic E-state index is 13.5. The van der Waals surface area contributed by atoms with Crippen molar-refractivity contribution >= 4 is 43.8 Å². The minimum absolute atomic E-state index is 0.0746. The van der Waals surface area contributed by atoms with Gasteiger partial charge in [0.2, 0.25) is 0 Å². The largest absolute Gasteiger partial charge is 0.492 e. The SMILES string of the molecule is CCOc1ccccc1N(CC(=O)N/N=C\c1ccc(Br)cc1)S(=O)(=O)c1ccc(C)cc1. The molecule has 0 fully saturated rings. The van der Waals surface area contributed by atoms with Crippen molar-refractivity contribution < 1.29 is 17.9 Å². The number of carbonyl (C=O) groups excluding carboxylic acids is 1. The summed E-state index contributed by atoms with van der Waals surface area (Å²) in [6.45, 7) is 3.55. The molecule has 0 aliphatic rings. The van der Waals surface area contributed by atoms with E-state index in [1.807, 2.05) is 31.2 Å². The first-order valence-corrected chi connectivity index (χ1v) is 12.4. The number of nitrogens with zero attached hydrogens (tertiary/aromatic N) is 2. The van der Waals surface area contributed by atoms with Crippen molar-refractivity contribution in [3.8, 4) is 5.75 Å². The molecule has 7 nitrogen and oxygen atoms in total. The summed E-state index contributed by atoms with van der Waals surface area (Å²) in [5, 5.41) is 3.95. The third kappa shape index (κ3) is 6.43. The van der Waals surface area contributed by atoms with E-state index in [4.69, 9.17) is 4.74 Å². The molecule has 3 rings (SSSR count). The summed E-state index contributed by atoms with van der Waals surface area (Å²) in [4.78, 5) is 12.8. The molecule has 0 bridgehead atoms. The molecule has 3 aromatic rings. The van der Waals surface area contributed by atoms with E-state index >= 15 is 0 Å². The fourth-order valence-electron chi connectivity index (χ4n) is 2.97. The number of rotatable bonds is 9. The normalized spacial score (nSPS) is 11.4. The topological polar surface area (TPSA) is 88.1 Å². The summed E-state index contributed by atoms with van der Waals surface area (Å²) in [5.41, 5.74) is 4.38. The summed E-state index contributed by atoms with van der Waals surface area (Å²) in [5.74, 6) is -0.229. The van der Waals surface area contributed by atoms with Crippen LogP contribution < -0.4 is 14.5 Å². The molecular formula is C24H24BrN3O4S. The zero-order valence-corrected chi connectivity index (χ0v) is 20.6. The van der Waals surface area contributed by atoms with Crippen LogP contribution >= 0.6 is 15.9 Å². The van der Waals surface area contributed by atoms with Crippen LogP contribution in [0.4, 0.5) is 5.69 Å². The lowest BCUT2D eigenvalue weighted by Crippen LogP contribution is -2.39. The first-order valence-electron chi connectivity index (χ1n) is 10.2. The lowest BCUT2D eigenvalue weighted by molar-refractivity contribution is -0.119. The average molecular weight is 530 g/mol. The minimum atomic E-state index is -4.05.